The summed E-state index contributed by atoms with van der Waals surface area (Å²) >= 11 is 0. The molecule has 0 N–H and O–H groups in total. The number of likely N-dealkylation sites (tertiary alicyclic amines) is 1. The van der Waals surface area contributed by atoms with Gasteiger partial charge in [-0.3, -0.25) is 9.48 Å². The fraction of sp³-hybridized carbons (Fsp3) is 0.733. The molecule has 1 aromatic rings. The van der Waals surface area contributed by atoms with Crippen molar-refractivity contribution in [3.63, 3.8) is 0 Å². The van der Waals surface area contributed by atoms with Crippen molar-refractivity contribution in [3.8, 4) is 0 Å². The highest BCUT2D eigenvalue weighted by molar-refractivity contribution is 5.81. The van der Waals surface area contributed by atoms with E-state index in [9.17, 15) is 4.79 Å². The number of ether oxygens (including phenoxy) is 2. The lowest BCUT2D eigenvalue weighted by Gasteiger charge is -2.36. The topological polar surface area (TPSA) is 56.6 Å². The number of aromatic nitrogens is 2. The van der Waals surface area contributed by atoms with E-state index in [-0.39, 0.29) is 12.0 Å². The van der Waals surface area contributed by atoms with Gasteiger partial charge in [-0.2, -0.15) is 5.10 Å². The first kappa shape index (κ1) is 14.5. The number of rotatable bonds is 2. The van der Waals surface area contributed by atoms with Gasteiger partial charge in [-0.25, -0.2) is 0 Å². The van der Waals surface area contributed by atoms with Crippen molar-refractivity contribution in [2.75, 3.05) is 26.3 Å². The Labute approximate surface area is 125 Å². The van der Waals surface area contributed by atoms with Crippen LogP contribution in [-0.2, 0) is 21.3 Å². The van der Waals surface area contributed by atoms with Crippen LogP contribution in [0.3, 0.4) is 0 Å². The monoisotopic (exact) mass is 293 g/mol. The molecule has 6 nitrogen and oxygen atoms in total. The van der Waals surface area contributed by atoms with Gasteiger partial charge >= 0.3 is 0 Å². The maximum Gasteiger partial charge on any atom is 0.254 e. The van der Waals surface area contributed by atoms with Crippen LogP contribution in [0.2, 0.25) is 0 Å². The van der Waals surface area contributed by atoms with Crippen LogP contribution < -0.4 is 0 Å². The molecular formula is C15H23N3O3. The molecule has 6 heteroatoms. The van der Waals surface area contributed by atoms with Crippen LogP contribution in [0.4, 0.5) is 0 Å². The Morgan fingerprint density at radius 1 is 1.29 bits per heavy atom. The lowest BCUT2D eigenvalue weighted by molar-refractivity contribution is -0.172. The summed E-state index contributed by atoms with van der Waals surface area (Å²) in [5.74, 6) is 0.526. The van der Waals surface area contributed by atoms with Crippen LogP contribution >= 0.6 is 0 Å². The zero-order valence-electron chi connectivity index (χ0n) is 12.7. The van der Waals surface area contributed by atoms with E-state index in [4.69, 9.17) is 9.47 Å². The Morgan fingerprint density at radius 3 is 2.62 bits per heavy atom. The number of piperidine rings is 1. The van der Waals surface area contributed by atoms with E-state index < -0.39 is 6.10 Å². The summed E-state index contributed by atoms with van der Waals surface area (Å²) in [6, 6.07) is 2.07. The molecule has 3 rings (SSSR count). The number of aryl methyl sites for hydroxylation is 1. The molecule has 0 bridgehead atoms. The van der Waals surface area contributed by atoms with Gasteiger partial charge in [0.05, 0.1) is 25.0 Å². The molecule has 0 unspecified atom stereocenters. The molecule has 1 aromatic heterocycles. The molecular weight excluding hydrogens is 270 g/mol. The quantitative estimate of drug-likeness (QED) is 0.814. The predicted octanol–water partition coefficient (Wildman–Crippen LogP) is 0.930. The molecule has 2 saturated heterocycles. The third kappa shape index (κ3) is 3.11. The second-order valence-corrected chi connectivity index (χ2v) is 5.88. The van der Waals surface area contributed by atoms with E-state index in [1.54, 1.807) is 0 Å². The van der Waals surface area contributed by atoms with E-state index in [1.165, 1.54) is 0 Å². The number of carbonyl (C=O) groups is 1. The zero-order valence-corrected chi connectivity index (χ0v) is 12.7. The molecule has 2 aliphatic rings. The molecule has 2 fully saturated rings. The summed E-state index contributed by atoms with van der Waals surface area (Å²) in [7, 11) is 1.93. The first-order chi connectivity index (χ1) is 10.1. The minimum Gasteiger partial charge on any atom is -0.373 e. The number of carbonyl (C=O) groups excluding carboxylic acids is 1. The molecule has 116 valence electrons. The molecule has 0 radical (unpaired) electrons. The Kier molecular flexibility index (Phi) is 4.26. The molecule has 0 aromatic carbocycles. The maximum atomic E-state index is 12.5. The van der Waals surface area contributed by atoms with Gasteiger partial charge in [0.25, 0.3) is 5.91 Å². The Balaban J connectivity index is 1.56. The van der Waals surface area contributed by atoms with E-state index >= 15 is 0 Å². The molecule has 21 heavy (non-hydrogen) atoms. The molecule has 0 aliphatic carbocycles. The van der Waals surface area contributed by atoms with Gasteiger partial charge in [-0.1, -0.05) is 0 Å². The second-order valence-electron chi connectivity index (χ2n) is 5.88. The molecule has 3 heterocycles. The number of hydrogen-bond acceptors (Lipinski definition) is 4. The third-order valence-corrected chi connectivity index (χ3v) is 4.39. The van der Waals surface area contributed by atoms with Crippen LogP contribution in [0.5, 0.6) is 0 Å². The third-order valence-electron chi connectivity index (χ3n) is 4.39. The summed E-state index contributed by atoms with van der Waals surface area (Å²) < 4.78 is 12.9. The van der Waals surface area contributed by atoms with Crippen molar-refractivity contribution in [2.45, 2.75) is 37.9 Å². The van der Waals surface area contributed by atoms with Gasteiger partial charge in [-0.15, -0.1) is 0 Å². The lowest BCUT2D eigenvalue weighted by Crippen LogP contribution is -2.51. The highest BCUT2D eigenvalue weighted by atomic mass is 16.6. The van der Waals surface area contributed by atoms with Crippen molar-refractivity contribution in [1.29, 1.82) is 0 Å². The first-order valence-electron chi connectivity index (χ1n) is 7.66. The minimum absolute atomic E-state index is 0.0710. The highest BCUT2D eigenvalue weighted by Gasteiger charge is 2.35. The Hall–Kier alpha value is -1.40. The van der Waals surface area contributed by atoms with E-state index in [1.807, 2.05) is 29.7 Å². The molecule has 1 amide bonds. The van der Waals surface area contributed by atoms with Crippen LogP contribution in [0.1, 0.15) is 31.4 Å². The van der Waals surface area contributed by atoms with Gasteiger partial charge < -0.3 is 14.4 Å². The van der Waals surface area contributed by atoms with Gasteiger partial charge in [0.15, 0.2) is 6.10 Å². The van der Waals surface area contributed by atoms with Crippen molar-refractivity contribution in [2.24, 2.45) is 7.05 Å². The molecule has 2 aliphatic heterocycles. The number of amides is 1. The van der Waals surface area contributed by atoms with Crippen LogP contribution in [0.25, 0.3) is 0 Å². The SMILES string of the molecule is C[C@@H]1OCCO[C@@H]1C(=O)N1CCC(c2ccn(C)n2)CC1. The first-order valence-corrected chi connectivity index (χ1v) is 7.66. The molecule has 0 saturated carbocycles. The number of hydrogen-bond donors (Lipinski definition) is 0. The van der Waals surface area contributed by atoms with Gasteiger partial charge in [0.1, 0.15) is 0 Å². The second kappa shape index (κ2) is 6.15. The van der Waals surface area contributed by atoms with Crippen molar-refractivity contribution in [3.05, 3.63) is 18.0 Å². The summed E-state index contributed by atoms with van der Waals surface area (Å²) in [4.78, 5) is 14.4. The Bertz CT molecular complexity index is 494. The minimum atomic E-state index is -0.440. The molecule has 0 spiro atoms. The average Bonchev–Trinajstić information content (AvgIpc) is 2.94. The zero-order chi connectivity index (χ0) is 14.8. The largest absolute Gasteiger partial charge is 0.373 e. The number of nitrogens with zero attached hydrogens (tertiary/aromatic N) is 3. The van der Waals surface area contributed by atoms with Crippen molar-refractivity contribution in [1.82, 2.24) is 14.7 Å². The van der Waals surface area contributed by atoms with Crippen LogP contribution in [-0.4, -0.2) is 59.1 Å². The van der Waals surface area contributed by atoms with Crippen LogP contribution in [0.15, 0.2) is 12.3 Å². The fourth-order valence-electron chi connectivity index (χ4n) is 3.13. The van der Waals surface area contributed by atoms with E-state index in [0.717, 1.165) is 31.6 Å². The fourth-order valence-corrected chi connectivity index (χ4v) is 3.13. The smallest absolute Gasteiger partial charge is 0.254 e. The van der Waals surface area contributed by atoms with Crippen molar-refractivity contribution < 1.29 is 14.3 Å². The standard InChI is InChI=1S/C15H23N3O3/c1-11-14(21-10-9-20-11)15(19)18-7-3-12(4-8-18)13-5-6-17(2)16-13/h5-6,11-12,14H,3-4,7-10H2,1-2H3/t11-,14-/m0/s1. The summed E-state index contributed by atoms with van der Waals surface area (Å²) in [6.07, 6.45) is 3.31. The Morgan fingerprint density at radius 2 is 2.00 bits per heavy atom. The van der Waals surface area contributed by atoms with Crippen LogP contribution in [0, 0.1) is 0 Å². The van der Waals surface area contributed by atoms with E-state index in [0.29, 0.717) is 19.1 Å². The van der Waals surface area contributed by atoms with Gasteiger partial charge in [-0.05, 0) is 25.8 Å². The average molecular weight is 293 g/mol. The van der Waals surface area contributed by atoms with Gasteiger partial charge in [0.2, 0.25) is 0 Å². The normalized spacial score (nSPS) is 27.8. The van der Waals surface area contributed by atoms with Gasteiger partial charge in [0, 0.05) is 32.3 Å². The van der Waals surface area contributed by atoms with Crippen molar-refractivity contribution >= 4 is 5.91 Å². The maximum absolute atomic E-state index is 12.5. The summed E-state index contributed by atoms with van der Waals surface area (Å²) in [5.41, 5.74) is 1.13. The summed E-state index contributed by atoms with van der Waals surface area (Å²) in [5, 5.41) is 4.47. The lowest BCUT2D eigenvalue weighted by atomic mass is 9.93. The van der Waals surface area contributed by atoms with E-state index in [2.05, 4.69) is 11.2 Å². The predicted molar refractivity (Wildman–Crippen MR) is 76.9 cm³/mol. The summed E-state index contributed by atoms with van der Waals surface area (Å²) in [6.45, 7) is 4.53. The molecule has 2 atom stereocenters. The highest BCUT2D eigenvalue weighted by Crippen LogP contribution is 2.27.